The monoisotopic (exact) mass is 284 g/mol. The Morgan fingerprint density at radius 2 is 2.20 bits per heavy atom. The van der Waals surface area contributed by atoms with Gasteiger partial charge in [-0.1, -0.05) is 24.6 Å². The quantitative estimate of drug-likeness (QED) is 0.870. The van der Waals surface area contributed by atoms with Crippen LogP contribution in [-0.2, 0) is 11.3 Å². The van der Waals surface area contributed by atoms with Crippen LogP contribution in [0.5, 0.6) is 5.75 Å². The Kier molecular flexibility index (Phi) is 5.29. The Morgan fingerprint density at radius 3 is 2.90 bits per heavy atom. The average molecular weight is 284 g/mol. The minimum absolute atomic E-state index is 0.0967. The first kappa shape index (κ1) is 14.7. The van der Waals surface area contributed by atoms with E-state index in [2.05, 4.69) is 15.4 Å². The number of rotatable bonds is 5. The SMILES string of the molecule is O=C(NCc1ccccc1OC(F)F)[C@@H]1CCCCN1. The number of nitrogens with one attached hydrogen (secondary N) is 2. The molecule has 0 saturated carbocycles. The summed E-state index contributed by atoms with van der Waals surface area (Å²) in [5, 5.41) is 5.89. The first-order valence-electron chi connectivity index (χ1n) is 6.70. The van der Waals surface area contributed by atoms with E-state index >= 15 is 0 Å². The number of hydrogen-bond acceptors (Lipinski definition) is 3. The van der Waals surface area contributed by atoms with E-state index in [1.807, 2.05) is 0 Å². The zero-order valence-corrected chi connectivity index (χ0v) is 11.1. The molecule has 1 aliphatic heterocycles. The van der Waals surface area contributed by atoms with E-state index in [4.69, 9.17) is 0 Å². The molecule has 0 aliphatic carbocycles. The van der Waals surface area contributed by atoms with Crippen molar-refractivity contribution in [1.82, 2.24) is 10.6 Å². The fourth-order valence-corrected chi connectivity index (χ4v) is 2.24. The third-order valence-corrected chi connectivity index (χ3v) is 3.27. The molecule has 0 bridgehead atoms. The molecule has 0 spiro atoms. The molecule has 1 aliphatic rings. The predicted molar refractivity (Wildman–Crippen MR) is 70.6 cm³/mol. The van der Waals surface area contributed by atoms with E-state index in [1.165, 1.54) is 6.07 Å². The van der Waals surface area contributed by atoms with E-state index in [-0.39, 0.29) is 24.2 Å². The Labute approximate surface area is 116 Å². The number of amides is 1. The highest BCUT2D eigenvalue weighted by atomic mass is 19.3. The van der Waals surface area contributed by atoms with Crippen LogP contribution in [0.4, 0.5) is 8.78 Å². The van der Waals surface area contributed by atoms with Gasteiger partial charge in [0.15, 0.2) is 0 Å². The molecule has 1 aromatic rings. The molecule has 110 valence electrons. The molecule has 2 rings (SSSR count). The summed E-state index contributed by atoms with van der Waals surface area (Å²) in [6, 6.07) is 6.27. The number of carbonyl (C=O) groups is 1. The van der Waals surface area contributed by atoms with Gasteiger partial charge in [-0.25, -0.2) is 0 Å². The summed E-state index contributed by atoms with van der Waals surface area (Å²) in [5.41, 5.74) is 0.539. The Morgan fingerprint density at radius 1 is 1.40 bits per heavy atom. The van der Waals surface area contributed by atoms with Crippen molar-refractivity contribution in [3.63, 3.8) is 0 Å². The molecular weight excluding hydrogens is 266 g/mol. The van der Waals surface area contributed by atoms with Gasteiger partial charge in [0.05, 0.1) is 6.04 Å². The Hall–Kier alpha value is -1.69. The molecular formula is C14H18F2N2O2. The highest BCUT2D eigenvalue weighted by Crippen LogP contribution is 2.20. The van der Waals surface area contributed by atoms with Crippen molar-refractivity contribution < 1.29 is 18.3 Å². The number of piperidine rings is 1. The summed E-state index contributed by atoms with van der Waals surface area (Å²) in [7, 11) is 0. The van der Waals surface area contributed by atoms with Crippen LogP contribution in [-0.4, -0.2) is 25.1 Å². The van der Waals surface area contributed by atoms with Crippen LogP contribution in [0.3, 0.4) is 0 Å². The van der Waals surface area contributed by atoms with E-state index in [9.17, 15) is 13.6 Å². The summed E-state index contributed by atoms with van der Waals surface area (Å²) in [6.07, 6.45) is 2.91. The van der Waals surface area contributed by atoms with Crippen molar-refractivity contribution in [1.29, 1.82) is 0 Å². The molecule has 6 heteroatoms. The van der Waals surface area contributed by atoms with Gasteiger partial charge in [0.25, 0.3) is 0 Å². The maximum Gasteiger partial charge on any atom is 0.387 e. The van der Waals surface area contributed by atoms with Crippen molar-refractivity contribution >= 4 is 5.91 Å². The normalized spacial score (nSPS) is 18.9. The van der Waals surface area contributed by atoms with Crippen LogP contribution in [0.2, 0.25) is 0 Å². The van der Waals surface area contributed by atoms with Crippen LogP contribution in [0.1, 0.15) is 24.8 Å². The van der Waals surface area contributed by atoms with Gasteiger partial charge < -0.3 is 15.4 Å². The zero-order valence-electron chi connectivity index (χ0n) is 11.1. The van der Waals surface area contributed by atoms with Crippen molar-refractivity contribution in [3.05, 3.63) is 29.8 Å². The molecule has 0 unspecified atom stereocenters. The maximum absolute atomic E-state index is 12.3. The Bertz CT molecular complexity index is 449. The van der Waals surface area contributed by atoms with Gasteiger partial charge >= 0.3 is 6.61 Å². The van der Waals surface area contributed by atoms with Crippen LogP contribution >= 0.6 is 0 Å². The highest BCUT2D eigenvalue weighted by molar-refractivity contribution is 5.81. The molecule has 20 heavy (non-hydrogen) atoms. The minimum atomic E-state index is -2.87. The molecule has 0 aromatic heterocycles. The molecule has 2 N–H and O–H groups in total. The molecule has 0 radical (unpaired) electrons. The van der Waals surface area contributed by atoms with Crippen molar-refractivity contribution in [2.24, 2.45) is 0 Å². The first-order valence-corrected chi connectivity index (χ1v) is 6.70. The summed E-state index contributed by atoms with van der Waals surface area (Å²) < 4.78 is 29.0. The highest BCUT2D eigenvalue weighted by Gasteiger charge is 2.20. The van der Waals surface area contributed by atoms with Crippen molar-refractivity contribution in [2.45, 2.75) is 38.5 Å². The minimum Gasteiger partial charge on any atom is -0.434 e. The number of halogens is 2. The number of carbonyl (C=O) groups excluding carboxylic acids is 1. The van der Waals surface area contributed by atoms with Gasteiger partial charge in [0.1, 0.15) is 5.75 Å². The van der Waals surface area contributed by atoms with Crippen molar-refractivity contribution in [3.8, 4) is 5.75 Å². The summed E-state index contributed by atoms with van der Waals surface area (Å²) in [6.45, 7) is -1.85. The topological polar surface area (TPSA) is 50.4 Å². The van der Waals surface area contributed by atoms with Gasteiger partial charge in [-0.2, -0.15) is 8.78 Å². The summed E-state index contributed by atoms with van der Waals surface area (Å²) in [5.74, 6) is -0.00375. The van der Waals surface area contributed by atoms with E-state index < -0.39 is 6.61 Å². The molecule has 1 heterocycles. The van der Waals surface area contributed by atoms with Gasteiger partial charge in [-0.05, 0) is 25.5 Å². The second-order valence-corrected chi connectivity index (χ2v) is 4.71. The Balaban J connectivity index is 1.91. The number of alkyl halides is 2. The standard InChI is InChI=1S/C14H18F2N2O2/c15-14(16)20-12-7-2-1-5-10(12)9-18-13(19)11-6-3-4-8-17-11/h1-2,5,7,11,14,17H,3-4,6,8-9H2,(H,18,19)/t11-/m0/s1. The molecule has 1 saturated heterocycles. The average Bonchev–Trinajstić information content (AvgIpc) is 2.46. The lowest BCUT2D eigenvalue weighted by atomic mass is 10.0. The number of ether oxygens (including phenoxy) is 1. The lowest BCUT2D eigenvalue weighted by molar-refractivity contribution is -0.123. The van der Waals surface area contributed by atoms with Crippen LogP contribution in [0, 0.1) is 0 Å². The van der Waals surface area contributed by atoms with Crippen molar-refractivity contribution in [2.75, 3.05) is 6.54 Å². The van der Waals surface area contributed by atoms with Gasteiger partial charge in [-0.15, -0.1) is 0 Å². The molecule has 1 amide bonds. The maximum atomic E-state index is 12.3. The number of para-hydroxylation sites is 1. The van der Waals surface area contributed by atoms with E-state index in [1.54, 1.807) is 18.2 Å². The largest absolute Gasteiger partial charge is 0.434 e. The van der Waals surface area contributed by atoms with Gasteiger partial charge in [0, 0.05) is 12.1 Å². The third kappa shape index (κ3) is 4.16. The molecule has 1 aromatic carbocycles. The van der Waals surface area contributed by atoms with Crippen LogP contribution < -0.4 is 15.4 Å². The fourth-order valence-electron chi connectivity index (χ4n) is 2.24. The lowest BCUT2D eigenvalue weighted by Crippen LogP contribution is -2.46. The smallest absolute Gasteiger partial charge is 0.387 e. The second-order valence-electron chi connectivity index (χ2n) is 4.71. The van der Waals surface area contributed by atoms with Crippen LogP contribution in [0.25, 0.3) is 0 Å². The molecule has 4 nitrogen and oxygen atoms in total. The first-order chi connectivity index (χ1) is 9.66. The molecule has 1 fully saturated rings. The second kappa shape index (κ2) is 7.19. The lowest BCUT2D eigenvalue weighted by Gasteiger charge is -2.22. The third-order valence-electron chi connectivity index (χ3n) is 3.27. The predicted octanol–water partition coefficient (Wildman–Crippen LogP) is 2.05. The fraction of sp³-hybridized carbons (Fsp3) is 0.500. The van der Waals surface area contributed by atoms with Crippen LogP contribution in [0.15, 0.2) is 24.3 Å². The van der Waals surface area contributed by atoms with E-state index in [0.29, 0.717) is 5.56 Å². The van der Waals surface area contributed by atoms with E-state index in [0.717, 1.165) is 25.8 Å². The molecule has 1 atom stereocenters. The van der Waals surface area contributed by atoms with Gasteiger partial charge in [0.2, 0.25) is 5.91 Å². The summed E-state index contributed by atoms with van der Waals surface area (Å²) in [4.78, 5) is 11.9. The number of hydrogen-bond donors (Lipinski definition) is 2. The van der Waals surface area contributed by atoms with Gasteiger partial charge in [-0.3, -0.25) is 4.79 Å². The number of benzene rings is 1. The summed E-state index contributed by atoms with van der Waals surface area (Å²) >= 11 is 0. The zero-order chi connectivity index (χ0) is 14.4.